The minimum atomic E-state index is -4.08. The van der Waals surface area contributed by atoms with Crippen LogP contribution in [0.2, 0.25) is 0 Å². The molecule has 1 atom stereocenters. The largest absolute Gasteiger partial charge is 0.317 e. The molecule has 1 aliphatic heterocycles. The summed E-state index contributed by atoms with van der Waals surface area (Å²) in [7, 11) is -4.08. The zero-order valence-corrected chi connectivity index (χ0v) is 13.0. The van der Waals surface area contributed by atoms with Crippen LogP contribution in [-0.2, 0) is 24.2 Å². The molecule has 120 valence electrons. The molecule has 1 aromatic carbocycles. The highest BCUT2D eigenvalue weighted by Gasteiger charge is 2.51. The van der Waals surface area contributed by atoms with Gasteiger partial charge in [-0.25, -0.2) is 12.8 Å². The van der Waals surface area contributed by atoms with Crippen LogP contribution in [0, 0.1) is 5.82 Å². The molecular weight excluding hydrogens is 309 g/mol. The van der Waals surface area contributed by atoms with E-state index in [0.717, 1.165) is 6.92 Å². The quantitative estimate of drug-likeness (QED) is 0.644. The summed E-state index contributed by atoms with van der Waals surface area (Å²) in [5.41, 5.74) is 0.420. The number of ketones is 1. The van der Waals surface area contributed by atoms with Crippen LogP contribution in [0.25, 0.3) is 0 Å². The van der Waals surface area contributed by atoms with Gasteiger partial charge in [-0.3, -0.25) is 4.79 Å². The second-order valence-electron chi connectivity index (χ2n) is 5.46. The summed E-state index contributed by atoms with van der Waals surface area (Å²) in [6.45, 7) is 1.98. The lowest BCUT2D eigenvalue weighted by Gasteiger charge is -2.38. The summed E-state index contributed by atoms with van der Waals surface area (Å²) in [4.78, 5) is 22.8. The van der Waals surface area contributed by atoms with Gasteiger partial charge in [0.15, 0.2) is 20.9 Å². The predicted octanol–water partition coefficient (Wildman–Crippen LogP) is 0.976. The molecule has 22 heavy (non-hydrogen) atoms. The fourth-order valence-corrected chi connectivity index (χ4v) is 5.26. The lowest BCUT2D eigenvalue weighted by molar-refractivity contribution is -0.120. The second-order valence-corrected chi connectivity index (χ2v) is 7.84. The molecule has 0 spiro atoms. The van der Waals surface area contributed by atoms with Crippen molar-refractivity contribution in [2.24, 2.45) is 0 Å². The molecular formula is C15H18FNO4S. The molecule has 0 aliphatic carbocycles. The Labute approximate surface area is 128 Å². The fourth-order valence-electron chi connectivity index (χ4n) is 2.95. The van der Waals surface area contributed by atoms with Crippen LogP contribution in [-0.4, -0.2) is 38.8 Å². The van der Waals surface area contributed by atoms with Crippen LogP contribution < -0.4 is 5.32 Å². The van der Waals surface area contributed by atoms with E-state index >= 15 is 0 Å². The number of rotatable bonds is 5. The Balaban J connectivity index is 2.61. The Morgan fingerprint density at radius 2 is 1.82 bits per heavy atom. The Hall–Kier alpha value is -1.60. The number of Topliss-reactive ketones (excluding diaryl/α,β-unsaturated/α-hetero) is 1. The van der Waals surface area contributed by atoms with Crippen LogP contribution in [0.1, 0.15) is 25.3 Å². The van der Waals surface area contributed by atoms with E-state index in [9.17, 15) is 22.4 Å². The summed E-state index contributed by atoms with van der Waals surface area (Å²) in [5.74, 6) is -1.17. The SMILES string of the molecule is CC(=O)C(C=O)S(=O)(=O)C1(c2ccc(F)cc2)CCNCC1. The van der Waals surface area contributed by atoms with Crippen molar-refractivity contribution in [3.63, 3.8) is 0 Å². The van der Waals surface area contributed by atoms with Gasteiger partial charge in [0.05, 0.1) is 0 Å². The number of halogens is 1. The molecule has 5 nitrogen and oxygen atoms in total. The van der Waals surface area contributed by atoms with Crippen LogP contribution in [0.3, 0.4) is 0 Å². The van der Waals surface area contributed by atoms with Gasteiger partial charge in [0.2, 0.25) is 0 Å². The zero-order chi connectivity index (χ0) is 16.4. The number of aldehydes is 1. The summed E-state index contributed by atoms with van der Waals surface area (Å²) in [6, 6.07) is 5.22. The monoisotopic (exact) mass is 327 g/mol. The van der Waals surface area contributed by atoms with Crippen molar-refractivity contribution >= 4 is 21.9 Å². The van der Waals surface area contributed by atoms with Crippen LogP contribution in [0.4, 0.5) is 4.39 Å². The molecule has 1 aromatic rings. The third-order valence-electron chi connectivity index (χ3n) is 4.18. The molecule has 1 fully saturated rings. The van der Waals surface area contributed by atoms with Crippen molar-refractivity contribution in [3.05, 3.63) is 35.6 Å². The second kappa shape index (κ2) is 6.26. The van der Waals surface area contributed by atoms with Crippen LogP contribution >= 0.6 is 0 Å². The van der Waals surface area contributed by atoms with E-state index in [1.54, 1.807) is 0 Å². The van der Waals surface area contributed by atoms with E-state index in [1.807, 2.05) is 0 Å². The van der Waals surface area contributed by atoms with Crippen molar-refractivity contribution in [2.75, 3.05) is 13.1 Å². The summed E-state index contributed by atoms with van der Waals surface area (Å²) in [5, 5.41) is 1.38. The molecule has 0 saturated carbocycles. The minimum Gasteiger partial charge on any atom is -0.317 e. The molecule has 1 unspecified atom stereocenters. The van der Waals surface area contributed by atoms with Crippen molar-refractivity contribution in [1.29, 1.82) is 0 Å². The van der Waals surface area contributed by atoms with Crippen LogP contribution in [0.5, 0.6) is 0 Å². The molecule has 0 amide bonds. The molecule has 0 bridgehead atoms. The minimum absolute atomic E-state index is 0.185. The summed E-state index contributed by atoms with van der Waals surface area (Å²) < 4.78 is 37.8. The Morgan fingerprint density at radius 1 is 1.27 bits per heavy atom. The van der Waals surface area contributed by atoms with E-state index in [0.29, 0.717) is 18.7 Å². The number of hydrogen-bond acceptors (Lipinski definition) is 5. The maximum atomic E-state index is 13.2. The van der Waals surface area contributed by atoms with Gasteiger partial charge in [-0.15, -0.1) is 0 Å². The number of hydrogen-bond donors (Lipinski definition) is 1. The van der Waals surface area contributed by atoms with E-state index < -0.39 is 31.4 Å². The van der Waals surface area contributed by atoms with Gasteiger partial charge in [0.25, 0.3) is 0 Å². The molecule has 1 aliphatic rings. The first-order valence-corrected chi connectivity index (χ1v) is 8.56. The zero-order valence-electron chi connectivity index (χ0n) is 12.2. The number of carbonyl (C=O) groups is 2. The molecule has 0 radical (unpaired) electrons. The van der Waals surface area contributed by atoms with E-state index in [2.05, 4.69) is 5.32 Å². The first-order chi connectivity index (χ1) is 10.3. The molecule has 2 rings (SSSR count). The average Bonchev–Trinajstić information content (AvgIpc) is 2.48. The first kappa shape index (κ1) is 16.8. The first-order valence-electron chi connectivity index (χ1n) is 7.01. The number of sulfone groups is 1. The van der Waals surface area contributed by atoms with Gasteiger partial charge in [0, 0.05) is 0 Å². The lowest BCUT2D eigenvalue weighted by atomic mass is 9.89. The molecule has 1 saturated heterocycles. The molecule has 1 heterocycles. The molecule has 0 aromatic heterocycles. The number of carbonyl (C=O) groups excluding carboxylic acids is 2. The Morgan fingerprint density at radius 3 is 2.27 bits per heavy atom. The Bertz CT molecular complexity index is 663. The van der Waals surface area contributed by atoms with Crippen LogP contribution in [0.15, 0.2) is 24.3 Å². The van der Waals surface area contributed by atoms with Gasteiger partial charge < -0.3 is 10.1 Å². The van der Waals surface area contributed by atoms with Gasteiger partial charge in [-0.2, -0.15) is 0 Å². The van der Waals surface area contributed by atoms with Gasteiger partial charge in [-0.1, -0.05) is 12.1 Å². The van der Waals surface area contributed by atoms with Crippen molar-refractivity contribution < 1.29 is 22.4 Å². The van der Waals surface area contributed by atoms with Gasteiger partial charge >= 0.3 is 0 Å². The highest BCUT2D eigenvalue weighted by Crippen LogP contribution is 2.41. The third kappa shape index (κ3) is 2.70. The highest BCUT2D eigenvalue weighted by molar-refractivity contribution is 7.94. The summed E-state index contributed by atoms with van der Waals surface area (Å²) >= 11 is 0. The number of benzene rings is 1. The maximum Gasteiger partial charge on any atom is 0.177 e. The Kier molecular flexibility index (Phi) is 4.77. The third-order valence-corrected chi connectivity index (χ3v) is 7.03. The van der Waals surface area contributed by atoms with Crippen molar-refractivity contribution in [3.8, 4) is 0 Å². The molecule has 7 heteroatoms. The van der Waals surface area contributed by atoms with E-state index in [4.69, 9.17) is 0 Å². The van der Waals surface area contributed by atoms with Gasteiger partial charge in [-0.05, 0) is 50.6 Å². The summed E-state index contributed by atoms with van der Waals surface area (Å²) in [6.07, 6.45) is 0.655. The smallest absolute Gasteiger partial charge is 0.177 e. The number of piperidine rings is 1. The average molecular weight is 327 g/mol. The molecule has 1 N–H and O–H groups in total. The van der Waals surface area contributed by atoms with E-state index in [-0.39, 0.29) is 19.1 Å². The van der Waals surface area contributed by atoms with Gasteiger partial charge in [0.1, 0.15) is 16.9 Å². The topological polar surface area (TPSA) is 80.3 Å². The highest BCUT2D eigenvalue weighted by atomic mass is 32.2. The van der Waals surface area contributed by atoms with Crippen molar-refractivity contribution in [2.45, 2.75) is 29.8 Å². The standard InChI is InChI=1S/C15H18FNO4S/c1-11(19)14(10-18)22(20,21)15(6-8-17-9-7-15)12-2-4-13(16)5-3-12/h2-5,10,14,17H,6-9H2,1H3. The number of nitrogens with one attached hydrogen (secondary N) is 1. The van der Waals surface area contributed by atoms with E-state index in [1.165, 1.54) is 24.3 Å². The fraction of sp³-hybridized carbons (Fsp3) is 0.467. The predicted molar refractivity (Wildman–Crippen MR) is 79.6 cm³/mol. The van der Waals surface area contributed by atoms with Crippen molar-refractivity contribution in [1.82, 2.24) is 5.32 Å². The maximum absolute atomic E-state index is 13.2. The lowest BCUT2D eigenvalue weighted by Crippen LogP contribution is -2.51. The normalized spacial score (nSPS) is 19.4.